The largest absolute Gasteiger partial charge is 0.477 e. The van der Waals surface area contributed by atoms with Crippen LogP contribution in [0.25, 0.3) is 0 Å². The molecule has 2 rings (SSSR count). The quantitative estimate of drug-likeness (QED) is 0.0876. The van der Waals surface area contributed by atoms with E-state index >= 15 is 0 Å². The van der Waals surface area contributed by atoms with Gasteiger partial charge in [-0.25, -0.2) is 4.79 Å². The maximum absolute atomic E-state index is 12.4. The molecule has 1 fully saturated rings. The van der Waals surface area contributed by atoms with Crippen molar-refractivity contribution < 1.29 is 49.0 Å². The van der Waals surface area contributed by atoms with E-state index in [2.05, 4.69) is 16.6 Å². The van der Waals surface area contributed by atoms with E-state index in [9.17, 15) is 34.8 Å². The third-order valence-electron chi connectivity index (χ3n) is 7.11. The first-order chi connectivity index (χ1) is 20.9. The molecule has 0 saturated carbocycles. The Hall–Kier alpha value is -2.80. The lowest BCUT2D eigenvalue weighted by Gasteiger charge is -2.46. The van der Waals surface area contributed by atoms with E-state index in [1.54, 1.807) is 24.3 Å². The van der Waals surface area contributed by atoms with Crippen LogP contribution in [-0.4, -0.2) is 126 Å². The van der Waals surface area contributed by atoms with Crippen molar-refractivity contribution in [3.63, 3.8) is 0 Å². The summed E-state index contributed by atoms with van der Waals surface area (Å²) in [6, 6.07) is 5.47. The van der Waals surface area contributed by atoms with Gasteiger partial charge >= 0.3 is 5.97 Å². The van der Waals surface area contributed by atoms with Crippen molar-refractivity contribution in [3.8, 4) is 12.3 Å². The topological polar surface area (TPSA) is 187 Å². The number of ether oxygens (including phenoxy) is 3. The Morgan fingerprint density at radius 1 is 1.16 bits per heavy atom. The maximum atomic E-state index is 12.4. The van der Waals surface area contributed by atoms with E-state index in [0.717, 1.165) is 12.8 Å². The lowest BCUT2D eigenvalue weighted by molar-refractivity contribution is -0.311. The third kappa shape index (κ3) is 11.9. The van der Waals surface area contributed by atoms with Crippen LogP contribution in [0.4, 0.5) is 0 Å². The summed E-state index contributed by atoms with van der Waals surface area (Å²) in [6.45, 7) is 0.0574. The number of nitrogens with zero attached hydrogens (tertiary/aromatic N) is 1. The fourth-order valence-electron chi connectivity index (χ4n) is 4.59. The molecule has 6 atom stereocenters. The maximum Gasteiger partial charge on any atom is 0.364 e. The molecule has 0 spiro atoms. The van der Waals surface area contributed by atoms with Crippen LogP contribution in [0.1, 0.15) is 37.7 Å². The zero-order valence-corrected chi connectivity index (χ0v) is 25.9. The second-order valence-electron chi connectivity index (χ2n) is 10.8. The first kappa shape index (κ1) is 37.4. The molecule has 0 aromatic heterocycles. The molecule has 1 aromatic carbocycles. The number of likely N-dealkylation sites (N-methyl/N-ethyl adjacent to an activating group) is 1. The predicted octanol–water partition coefficient (Wildman–Crippen LogP) is -0.0756. The van der Waals surface area contributed by atoms with E-state index < -0.39 is 61.1 Å². The van der Waals surface area contributed by atoms with Crippen molar-refractivity contribution in [1.29, 1.82) is 0 Å². The van der Waals surface area contributed by atoms with E-state index in [-0.39, 0.29) is 32.1 Å². The van der Waals surface area contributed by atoms with E-state index in [0.29, 0.717) is 30.0 Å². The van der Waals surface area contributed by atoms with Gasteiger partial charge in [0.1, 0.15) is 18.8 Å². The molecule has 13 nitrogen and oxygen atoms in total. The number of halogens is 1. The number of terminal acetylenes is 1. The molecule has 1 aliphatic heterocycles. The van der Waals surface area contributed by atoms with Gasteiger partial charge in [0.15, 0.2) is 0 Å². The van der Waals surface area contributed by atoms with Gasteiger partial charge in [-0.05, 0) is 30.5 Å². The van der Waals surface area contributed by atoms with Crippen molar-refractivity contribution in [2.45, 2.75) is 74.8 Å². The van der Waals surface area contributed by atoms with Crippen LogP contribution in [0.15, 0.2) is 24.3 Å². The molecule has 44 heavy (non-hydrogen) atoms. The number of hydrogen-bond donors (Lipinski definition) is 6. The molecule has 246 valence electrons. The Bertz CT molecular complexity index is 1100. The van der Waals surface area contributed by atoms with E-state index in [4.69, 9.17) is 32.2 Å². The number of carbonyl (C=O) groups excluding carboxylic acids is 2. The van der Waals surface area contributed by atoms with Crippen molar-refractivity contribution in [2.75, 3.05) is 47.0 Å². The van der Waals surface area contributed by atoms with Crippen LogP contribution in [0.2, 0.25) is 5.02 Å². The van der Waals surface area contributed by atoms with Gasteiger partial charge in [-0.1, -0.05) is 42.5 Å². The van der Waals surface area contributed by atoms with Crippen LogP contribution >= 0.6 is 11.6 Å². The first-order valence-electron chi connectivity index (χ1n) is 14.5. The smallest absolute Gasteiger partial charge is 0.364 e. The summed E-state index contributed by atoms with van der Waals surface area (Å²) in [5.41, 5.74) is 0.677. The average Bonchev–Trinajstić information content (AvgIpc) is 2.98. The molecular formula is C30H44ClN3O10. The molecule has 6 N–H and O–H groups in total. The molecule has 1 aliphatic rings. The Labute approximate surface area is 262 Å². The monoisotopic (exact) mass is 641 g/mol. The number of amides is 2. The van der Waals surface area contributed by atoms with E-state index in [1.807, 2.05) is 0 Å². The fourth-order valence-corrected chi connectivity index (χ4v) is 4.71. The molecule has 0 unspecified atom stereocenters. The van der Waals surface area contributed by atoms with Gasteiger partial charge in [0.05, 0.1) is 37.8 Å². The molecule has 1 aromatic rings. The molecule has 0 radical (unpaired) electrons. The van der Waals surface area contributed by atoms with E-state index in [1.165, 1.54) is 19.0 Å². The van der Waals surface area contributed by atoms with Gasteiger partial charge in [-0.15, -0.1) is 6.42 Å². The second-order valence-corrected chi connectivity index (χ2v) is 11.2. The Morgan fingerprint density at radius 2 is 1.82 bits per heavy atom. The van der Waals surface area contributed by atoms with Crippen LogP contribution in [0.3, 0.4) is 0 Å². The van der Waals surface area contributed by atoms with Gasteiger partial charge < -0.3 is 50.2 Å². The van der Waals surface area contributed by atoms with Crippen molar-refractivity contribution in [1.82, 2.24) is 15.5 Å². The summed E-state index contributed by atoms with van der Waals surface area (Å²) >= 11 is 5.87. The zero-order chi connectivity index (χ0) is 32.7. The van der Waals surface area contributed by atoms with Crippen LogP contribution in [0.5, 0.6) is 0 Å². The highest BCUT2D eigenvalue weighted by Crippen LogP contribution is 2.33. The zero-order valence-electron chi connectivity index (χ0n) is 25.1. The standard InChI is InChI=1S/C30H44ClN3O10/c1-4-13-42-14-7-5-6-8-15-43-30(29(40)41)17-22(35)26(33-19-25(38)34(2)3)28(44-30)27(39)23(36)18-32-24(37)16-20-9-11-21(31)12-10-20/h1,9-12,22-23,26-28,33,35-36,39H,5-8,13-19H2,2-3H3,(H,32,37)(H,40,41)/t22-,23+,26+,27+,28+,30+/m0/s1. The highest BCUT2D eigenvalue weighted by molar-refractivity contribution is 6.30. The molecule has 2 amide bonds. The van der Waals surface area contributed by atoms with Gasteiger partial charge in [-0.2, -0.15) is 0 Å². The summed E-state index contributed by atoms with van der Waals surface area (Å²) in [4.78, 5) is 38.4. The van der Waals surface area contributed by atoms with Gasteiger partial charge in [0, 0.05) is 38.7 Å². The van der Waals surface area contributed by atoms with Crippen LogP contribution in [-0.2, 0) is 35.0 Å². The number of carbonyl (C=O) groups is 3. The minimum Gasteiger partial charge on any atom is -0.477 e. The number of benzene rings is 1. The summed E-state index contributed by atoms with van der Waals surface area (Å²) < 4.78 is 16.7. The fraction of sp³-hybridized carbons (Fsp3) is 0.633. The highest BCUT2D eigenvalue weighted by Gasteiger charge is 2.55. The number of nitrogens with one attached hydrogen (secondary N) is 2. The SMILES string of the molecule is C#CCOCCCCCCO[C@]1(C(=O)O)C[C@H](O)[C@@H](NCC(=O)N(C)C)[C@H]([C@H](O)[C@H](O)CNC(=O)Cc2ccc(Cl)cc2)O1. The number of aliphatic hydroxyl groups is 3. The number of carboxylic acid groups (broad SMARTS) is 1. The lowest BCUT2D eigenvalue weighted by Crippen LogP contribution is -2.68. The molecule has 0 bridgehead atoms. The predicted molar refractivity (Wildman–Crippen MR) is 161 cm³/mol. The lowest BCUT2D eigenvalue weighted by atomic mass is 9.88. The summed E-state index contributed by atoms with van der Waals surface area (Å²) in [7, 11) is 3.07. The Balaban J connectivity index is 2.09. The summed E-state index contributed by atoms with van der Waals surface area (Å²) in [5, 5.41) is 48.9. The molecular weight excluding hydrogens is 598 g/mol. The average molecular weight is 642 g/mol. The number of unbranched alkanes of at least 4 members (excludes halogenated alkanes) is 3. The summed E-state index contributed by atoms with van der Waals surface area (Å²) in [6.07, 6.45) is 0.956. The van der Waals surface area contributed by atoms with Crippen molar-refractivity contribution >= 4 is 29.4 Å². The number of aliphatic carboxylic acids is 1. The Morgan fingerprint density at radius 3 is 2.43 bits per heavy atom. The number of rotatable bonds is 19. The second kappa shape index (κ2) is 18.9. The number of hydrogen-bond acceptors (Lipinski definition) is 10. The minimum atomic E-state index is -2.33. The molecule has 0 aliphatic carbocycles. The third-order valence-corrected chi connectivity index (χ3v) is 7.36. The van der Waals surface area contributed by atoms with Gasteiger partial charge in [-0.3, -0.25) is 9.59 Å². The van der Waals surface area contributed by atoms with Gasteiger partial charge in [0.25, 0.3) is 5.79 Å². The van der Waals surface area contributed by atoms with Gasteiger partial charge in [0.2, 0.25) is 11.8 Å². The molecule has 1 heterocycles. The number of aliphatic hydroxyl groups excluding tert-OH is 3. The first-order valence-corrected chi connectivity index (χ1v) is 14.8. The Kier molecular flexibility index (Phi) is 16.0. The van der Waals surface area contributed by atoms with Crippen LogP contribution in [0, 0.1) is 12.3 Å². The van der Waals surface area contributed by atoms with Crippen molar-refractivity contribution in [2.24, 2.45) is 0 Å². The minimum absolute atomic E-state index is 0.0106. The summed E-state index contributed by atoms with van der Waals surface area (Å²) in [5.74, 6) is -2.26. The van der Waals surface area contributed by atoms with Crippen molar-refractivity contribution in [3.05, 3.63) is 34.9 Å². The molecule has 14 heteroatoms. The van der Waals surface area contributed by atoms with Crippen LogP contribution < -0.4 is 10.6 Å². The number of carboxylic acids is 1. The normalized spacial score (nSPS) is 22.9. The highest BCUT2D eigenvalue weighted by atomic mass is 35.5. The molecule has 1 saturated heterocycles.